The number of carbonyl (C=O) groups excluding carboxylic acids is 1. The van der Waals surface area contributed by atoms with Crippen LogP contribution in [0.4, 0.5) is 5.82 Å². The smallest absolute Gasteiger partial charge is 0.337 e. The highest BCUT2D eigenvalue weighted by Gasteiger charge is 2.31. The Labute approximate surface area is 105 Å². The number of nitrogens with zero attached hydrogens (tertiary/aromatic N) is 1. The summed E-state index contributed by atoms with van der Waals surface area (Å²) in [5.74, 6) is -1.08. The maximum atomic E-state index is 11.9. The number of pyridine rings is 1. The van der Waals surface area contributed by atoms with E-state index in [0.717, 1.165) is 0 Å². The lowest BCUT2D eigenvalue weighted by Crippen LogP contribution is -2.41. The van der Waals surface area contributed by atoms with E-state index in [0.29, 0.717) is 12.2 Å². The van der Waals surface area contributed by atoms with Crippen molar-refractivity contribution in [3.8, 4) is 0 Å². The molecule has 1 aromatic heterocycles. The summed E-state index contributed by atoms with van der Waals surface area (Å²) in [5, 5.41) is 11.3. The first kappa shape index (κ1) is 14.1. The quantitative estimate of drug-likeness (QED) is 0.829. The molecule has 0 spiro atoms. The second kappa shape index (κ2) is 5.59. The first-order valence-corrected chi connectivity index (χ1v) is 5.49. The van der Waals surface area contributed by atoms with E-state index < -0.39 is 11.6 Å². The second-order valence-electron chi connectivity index (χ2n) is 3.98. The molecule has 1 heterocycles. The number of hydrogen-bond acceptors (Lipinski definition) is 4. The number of rotatable bonds is 5. The third kappa shape index (κ3) is 3.04. The van der Waals surface area contributed by atoms with Crippen LogP contribution in [0.1, 0.15) is 30.6 Å². The molecule has 0 fully saturated rings. The average Bonchev–Trinajstić information content (AvgIpc) is 2.38. The zero-order chi connectivity index (χ0) is 13.8. The Balaban J connectivity index is 2.79. The molecular weight excluding hydrogens is 236 g/mol. The predicted octanol–water partition coefficient (Wildman–Crippen LogP) is 1.53. The monoisotopic (exact) mass is 252 g/mol. The summed E-state index contributed by atoms with van der Waals surface area (Å²) in [6.45, 7) is 3.51. The number of hydrogen-bond donors (Lipinski definition) is 2. The van der Waals surface area contributed by atoms with Gasteiger partial charge in [-0.25, -0.2) is 9.78 Å². The van der Waals surface area contributed by atoms with Crippen LogP contribution in [0.25, 0.3) is 0 Å². The zero-order valence-electron chi connectivity index (χ0n) is 10.6. The molecule has 0 aliphatic rings. The van der Waals surface area contributed by atoms with Crippen molar-refractivity contribution >= 4 is 17.7 Å². The Morgan fingerprint density at radius 3 is 2.56 bits per heavy atom. The van der Waals surface area contributed by atoms with E-state index in [1.54, 1.807) is 6.92 Å². The van der Waals surface area contributed by atoms with Gasteiger partial charge >= 0.3 is 5.97 Å². The molecule has 18 heavy (non-hydrogen) atoms. The Morgan fingerprint density at radius 1 is 1.50 bits per heavy atom. The van der Waals surface area contributed by atoms with E-state index in [9.17, 15) is 9.59 Å². The van der Waals surface area contributed by atoms with Crippen molar-refractivity contribution in [2.45, 2.75) is 25.9 Å². The fourth-order valence-electron chi connectivity index (χ4n) is 1.24. The lowest BCUT2D eigenvalue weighted by molar-refractivity contribution is -0.136. The summed E-state index contributed by atoms with van der Waals surface area (Å²) >= 11 is 0. The summed E-state index contributed by atoms with van der Waals surface area (Å²) in [5.41, 5.74) is -0.856. The van der Waals surface area contributed by atoms with Gasteiger partial charge in [-0.1, -0.05) is 6.92 Å². The maximum Gasteiger partial charge on any atom is 0.337 e. The third-order valence-corrected chi connectivity index (χ3v) is 2.86. The van der Waals surface area contributed by atoms with Crippen molar-refractivity contribution in [3.63, 3.8) is 0 Å². The van der Waals surface area contributed by atoms with Gasteiger partial charge in [0.05, 0.1) is 5.56 Å². The van der Waals surface area contributed by atoms with Gasteiger partial charge in [0.15, 0.2) is 0 Å². The van der Waals surface area contributed by atoms with Crippen LogP contribution in [0.2, 0.25) is 0 Å². The number of nitrogens with one attached hydrogen (secondary N) is 1. The van der Waals surface area contributed by atoms with E-state index in [4.69, 9.17) is 9.84 Å². The molecule has 1 rings (SSSR count). The summed E-state index contributed by atoms with van der Waals surface area (Å²) in [7, 11) is 1.46. The number of methoxy groups -OCH3 is 1. The lowest BCUT2D eigenvalue weighted by Gasteiger charge is -2.24. The van der Waals surface area contributed by atoms with Gasteiger partial charge in [-0.15, -0.1) is 0 Å². The number of aromatic nitrogens is 1. The van der Waals surface area contributed by atoms with Gasteiger partial charge in [0.1, 0.15) is 11.4 Å². The number of carboxylic acids is 1. The van der Waals surface area contributed by atoms with Crippen LogP contribution in [0.3, 0.4) is 0 Å². The van der Waals surface area contributed by atoms with Gasteiger partial charge in [-0.3, -0.25) is 4.79 Å². The molecule has 1 atom stereocenters. The molecule has 0 radical (unpaired) electrons. The van der Waals surface area contributed by atoms with E-state index in [2.05, 4.69) is 10.3 Å². The molecule has 0 bridgehead atoms. The highest BCUT2D eigenvalue weighted by atomic mass is 16.5. The molecule has 6 nitrogen and oxygen atoms in total. The van der Waals surface area contributed by atoms with Crippen LogP contribution >= 0.6 is 0 Å². The van der Waals surface area contributed by atoms with Crippen LogP contribution in [0.15, 0.2) is 18.3 Å². The van der Waals surface area contributed by atoms with E-state index in [-0.39, 0.29) is 11.5 Å². The van der Waals surface area contributed by atoms with Crippen molar-refractivity contribution in [1.82, 2.24) is 4.98 Å². The molecule has 0 saturated heterocycles. The highest BCUT2D eigenvalue weighted by Crippen LogP contribution is 2.16. The number of ether oxygens (including phenoxy) is 1. The fraction of sp³-hybridized carbons (Fsp3) is 0.417. The standard InChI is InChI=1S/C12H16N2O4/c1-4-12(2,18-3)11(17)14-9-6-5-8(7-13-9)10(15)16/h5-7H,4H2,1-3H3,(H,15,16)(H,13,14,17). The van der Waals surface area contributed by atoms with Crippen LogP contribution in [-0.2, 0) is 9.53 Å². The normalized spacial score (nSPS) is 13.7. The molecule has 1 aromatic rings. The molecule has 98 valence electrons. The third-order valence-electron chi connectivity index (χ3n) is 2.86. The molecule has 6 heteroatoms. The second-order valence-corrected chi connectivity index (χ2v) is 3.98. The molecule has 0 aliphatic heterocycles. The minimum absolute atomic E-state index is 0.0676. The van der Waals surface area contributed by atoms with Gasteiger partial charge in [0.2, 0.25) is 0 Å². The van der Waals surface area contributed by atoms with Crippen molar-refractivity contribution in [2.24, 2.45) is 0 Å². The topological polar surface area (TPSA) is 88.5 Å². The van der Waals surface area contributed by atoms with Crippen LogP contribution in [0.5, 0.6) is 0 Å². The van der Waals surface area contributed by atoms with Crippen molar-refractivity contribution in [2.75, 3.05) is 12.4 Å². The minimum Gasteiger partial charge on any atom is -0.478 e. The van der Waals surface area contributed by atoms with Gasteiger partial charge in [0, 0.05) is 13.3 Å². The summed E-state index contributed by atoms with van der Waals surface area (Å²) < 4.78 is 5.15. The number of aromatic carboxylic acids is 1. The van der Waals surface area contributed by atoms with Gasteiger partial charge < -0.3 is 15.2 Å². The molecule has 0 aliphatic carbocycles. The van der Waals surface area contributed by atoms with E-state index in [1.165, 1.54) is 25.4 Å². The van der Waals surface area contributed by atoms with Crippen LogP contribution in [-0.4, -0.2) is 34.7 Å². The number of carboxylic acid groups (broad SMARTS) is 1. The summed E-state index contributed by atoms with van der Waals surface area (Å²) in [6, 6.07) is 2.81. The molecule has 1 unspecified atom stereocenters. The summed E-state index contributed by atoms with van der Waals surface area (Å²) in [6.07, 6.45) is 1.70. The van der Waals surface area contributed by atoms with Crippen LogP contribution in [0, 0.1) is 0 Å². The number of amides is 1. The number of anilines is 1. The van der Waals surface area contributed by atoms with Gasteiger partial charge in [-0.05, 0) is 25.5 Å². The summed E-state index contributed by atoms with van der Waals surface area (Å²) in [4.78, 5) is 26.4. The van der Waals surface area contributed by atoms with Crippen LogP contribution < -0.4 is 5.32 Å². The average molecular weight is 252 g/mol. The maximum absolute atomic E-state index is 11.9. The number of carbonyl (C=O) groups is 2. The van der Waals surface area contributed by atoms with Gasteiger partial charge in [-0.2, -0.15) is 0 Å². The Morgan fingerprint density at radius 2 is 2.17 bits per heavy atom. The molecule has 2 N–H and O–H groups in total. The first-order chi connectivity index (χ1) is 8.42. The molecule has 0 aromatic carbocycles. The Hall–Kier alpha value is -1.95. The fourth-order valence-corrected chi connectivity index (χ4v) is 1.24. The highest BCUT2D eigenvalue weighted by molar-refractivity contribution is 5.96. The predicted molar refractivity (Wildman–Crippen MR) is 65.5 cm³/mol. The Bertz CT molecular complexity index is 438. The van der Waals surface area contributed by atoms with Crippen molar-refractivity contribution < 1.29 is 19.4 Å². The first-order valence-electron chi connectivity index (χ1n) is 5.49. The molecule has 0 saturated carbocycles. The molecular formula is C12H16N2O4. The van der Waals surface area contributed by atoms with Crippen molar-refractivity contribution in [1.29, 1.82) is 0 Å². The van der Waals surface area contributed by atoms with E-state index in [1.807, 2.05) is 6.92 Å². The van der Waals surface area contributed by atoms with Crippen molar-refractivity contribution in [3.05, 3.63) is 23.9 Å². The zero-order valence-corrected chi connectivity index (χ0v) is 10.6. The SMILES string of the molecule is CCC(C)(OC)C(=O)Nc1ccc(C(=O)O)cn1. The minimum atomic E-state index is -1.06. The largest absolute Gasteiger partial charge is 0.478 e. The molecule has 1 amide bonds. The van der Waals surface area contributed by atoms with Gasteiger partial charge in [0.25, 0.3) is 5.91 Å². The van der Waals surface area contributed by atoms with E-state index >= 15 is 0 Å². The Kier molecular flexibility index (Phi) is 4.38. The lowest BCUT2D eigenvalue weighted by atomic mass is 10.0.